The van der Waals surface area contributed by atoms with Crippen LogP contribution in [0.5, 0.6) is 0 Å². The van der Waals surface area contributed by atoms with Gasteiger partial charge in [-0.1, -0.05) is 0 Å². The van der Waals surface area contributed by atoms with Crippen molar-refractivity contribution < 1.29 is 22.7 Å². The number of nitrogens with zero attached hydrogens (tertiary/aromatic N) is 2. The second kappa shape index (κ2) is 7.92. The normalized spacial score (nSPS) is 11.4. The van der Waals surface area contributed by atoms with Gasteiger partial charge in [-0.3, -0.25) is 0 Å². The van der Waals surface area contributed by atoms with Crippen LogP contribution >= 0.6 is 11.3 Å². The molecule has 0 saturated heterocycles. The number of aryl methyl sites for hydroxylation is 1. The third-order valence-corrected chi connectivity index (χ3v) is 7.32. The van der Waals surface area contributed by atoms with Gasteiger partial charge in [0.25, 0.3) is 10.0 Å². The zero-order valence-electron chi connectivity index (χ0n) is 16.0. The van der Waals surface area contributed by atoms with Gasteiger partial charge in [-0.25, -0.2) is 26.9 Å². The summed E-state index contributed by atoms with van der Waals surface area (Å²) < 4.78 is 40.8. The van der Waals surface area contributed by atoms with E-state index in [4.69, 9.17) is 0 Å². The van der Waals surface area contributed by atoms with Crippen molar-refractivity contribution in [2.45, 2.75) is 25.7 Å². The van der Waals surface area contributed by atoms with Gasteiger partial charge in [0.15, 0.2) is 5.82 Å². The molecule has 1 aromatic heterocycles. The van der Waals surface area contributed by atoms with Crippen molar-refractivity contribution in [1.29, 1.82) is 0 Å². The molecule has 1 N–H and O–H groups in total. The molecule has 1 heterocycles. The van der Waals surface area contributed by atoms with Crippen molar-refractivity contribution in [2.24, 2.45) is 0 Å². The number of carboxylic acid groups (broad SMARTS) is 1. The number of rotatable bonds is 6. The summed E-state index contributed by atoms with van der Waals surface area (Å²) in [5, 5.41) is 11.6. The fourth-order valence-corrected chi connectivity index (χ4v) is 5.29. The molecule has 6 nitrogen and oxygen atoms in total. The predicted molar refractivity (Wildman–Crippen MR) is 111 cm³/mol. The second-order valence-corrected chi connectivity index (χ2v) is 9.13. The number of thiazole rings is 1. The van der Waals surface area contributed by atoms with Crippen molar-refractivity contribution in [3.63, 3.8) is 0 Å². The van der Waals surface area contributed by atoms with Gasteiger partial charge in [-0.05, 0) is 68.3 Å². The minimum Gasteiger partial charge on any atom is -0.478 e. The molecule has 0 radical (unpaired) electrons. The van der Waals surface area contributed by atoms with E-state index in [1.165, 1.54) is 35.6 Å². The fourth-order valence-electron chi connectivity index (χ4n) is 2.88. The van der Waals surface area contributed by atoms with Crippen molar-refractivity contribution >= 4 is 33.1 Å². The molecule has 9 heteroatoms. The number of aromatic carboxylic acids is 1. The minimum atomic E-state index is -4.02. The van der Waals surface area contributed by atoms with Crippen LogP contribution in [-0.2, 0) is 10.0 Å². The van der Waals surface area contributed by atoms with E-state index >= 15 is 0 Å². The Morgan fingerprint density at radius 3 is 2.45 bits per heavy atom. The number of benzene rings is 2. The van der Waals surface area contributed by atoms with Gasteiger partial charge in [0, 0.05) is 17.5 Å². The van der Waals surface area contributed by atoms with E-state index in [1.807, 2.05) is 0 Å². The number of anilines is 1. The van der Waals surface area contributed by atoms with Crippen LogP contribution in [0, 0.1) is 19.7 Å². The lowest BCUT2D eigenvalue weighted by molar-refractivity contribution is 0.0695. The van der Waals surface area contributed by atoms with Crippen molar-refractivity contribution in [2.75, 3.05) is 10.8 Å². The summed E-state index contributed by atoms with van der Waals surface area (Å²) in [4.78, 5) is 15.8. The van der Waals surface area contributed by atoms with E-state index in [0.717, 1.165) is 4.31 Å². The van der Waals surface area contributed by atoms with Crippen LogP contribution in [0.1, 0.15) is 28.4 Å². The number of sulfonamides is 1. The summed E-state index contributed by atoms with van der Waals surface area (Å²) in [5.41, 5.74) is 1.72. The van der Waals surface area contributed by atoms with Crippen LogP contribution < -0.4 is 4.31 Å². The summed E-state index contributed by atoms with van der Waals surface area (Å²) in [5.74, 6) is -1.32. The highest BCUT2D eigenvalue weighted by molar-refractivity contribution is 7.92. The average molecular weight is 435 g/mol. The van der Waals surface area contributed by atoms with Gasteiger partial charge in [0.05, 0.1) is 10.5 Å². The number of carbonyl (C=O) groups is 1. The van der Waals surface area contributed by atoms with E-state index < -0.39 is 16.0 Å². The van der Waals surface area contributed by atoms with Crippen LogP contribution in [0.3, 0.4) is 0 Å². The maximum absolute atomic E-state index is 13.2. The first kappa shape index (κ1) is 20.9. The standard InChI is InChI=1S/C20H19FN2O4S2/c1-4-23(18-11-28-19(22-18)14-5-7-15(21)8-6-14)29(26,27)16-9-12(2)13(3)17(10-16)20(24)25/h5-11H,4H2,1-3H3,(H,24,25). The summed E-state index contributed by atoms with van der Waals surface area (Å²) in [6.45, 7) is 5.10. The summed E-state index contributed by atoms with van der Waals surface area (Å²) in [6.07, 6.45) is 0. The smallest absolute Gasteiger partial charge is 0.336 e. The van der Waals surface area contributed by atoms with E-state index in [9.17, 15) is 22.7 Å². The van der Waals surface area contributed by atoms with Crippen LogP contribution in [0.15, 0.2) is 46.7 Å². The van der Waals surface area contributed by atoms with Crippen LogP contribution in [0.25, 0.3) is 10.6 Å². The SMILES string of the molecule is CCN(c1csc(-c2ccc(F)cc2)n1)S(=O)(=O)c1cc(C)c(C)c(C(=O)O)c1. The van der Waals surface area contributed by atoms with E-state index in [1.54, 1.807) is 38.3 Å². The van der Waals surface area contributed by atoms with Gasteiger partial charge in [-0.2, -0.15) is 0 Å². The molecule has 0 bridgehead atoms. The maximum atomic E-state index is 13.2. The molecule has 29 heavy (non-hydrogen) atoms. The van der Waals surface area contributed by atoms with Crippen LogP contribution in [0.2, 0.25) is 0 Å². The lowest BCUT2D eigenvalue weighted by Crippen LogP contribution is -2.31. The number of halogens is 1. The first-order valence-corrected chi connectivity index (χ1v) is 11.1. The molecule has 0 fully saturated rings. The molecule has 0 spiro atoms. The first-order chi connectivity index (χ1) is 13.6. The lowest BCUT2D eigenvalue weighted by atomic mass is 10.0. The molecular weight excluding hydrogens is 415 g/mol. The Kier molecular flexibility index (Phi) is 5.72. The molecule has 0 saturated carbocycles. The number of aromatic nitrogens is 1. The zero-order chi connectivity index (χ0) is 21.3. The van der Waals surface area contributed by atoms with E-state index in [2.05, 4.69) is 4.98 Å². The highest BCUT2D eigenvalue weighted by Gasteiger charge is 2.28. The quantitative estimate of drug-likeness (QED) is 0.618. The van der Waals surface area contributed by atoms with Crippen molar-refractivity contribution in [1.82, 2.24) is 4.98 Å². The fraction of sp³-hybridized carbons (Fsp3) is 0.200. The van der Waals surface area contributed by atoms with Gasteiger partial charge in [-0.15, -0.1) is 11.3 Å². The summed E-state index contributed by atoms with van der Waals surface area (Å²) in [6, 6.07) is 8.42. The minimum absolute atomic E-state index is 0.0510. The molecule has 2 aromatic carbocycles. The molecule has 3 aromatic rings. The largest absolute Gasteiger partial charge is 0.478 e. The highest BCUT2D eigenvalue weighted by atomic mass is 32.2. The van der Waals surface area contributed by atoms with Crippen LogP contribution in [0.4, 0.5) is 10.2 Å². The molecule has 0 aliphatic heterocycles. The molecule has 0 atom stereocenters. The second-order valence-electron chi connectivity index (χ2n) is 6.41. The molecule has 0 amide bonds. The Labute approximate surface area is 172 Å². The number of hydrogen-bond donors (Lipinski definition) is 1. The highest BCUT2D eigenvalue weighted by Crippen LogP contribution is 2.31. The van der Waals surface area contributed by atoms with E-state index in [-0.39, 0.29) is 28.6 Å². The van der Waals surface area contributed by atoms with Crippen LogP contribution in [-0.4, -0.2) is 31.0 Å². The molecule has 152 valence electrons. The molecule has 0 unspecified atom stereocenters. The number of carboxylic acids is 1. The maximum Gasteiger partial charge on any atom is 0.336 e. The Morgan fingerprint density at radius 2 is 1.86 bits per heavy atom. The van der Waals surface area contributed by atoms with Gasteiger partial charge >= 0.3 is 5.97 Å². The third kappa shape index (κ3) is 4.01. The molecule has 0 aliphatic rings. The first-order valence-electron chi connectivity index (χ1n) is 8.74. The molecular formula is C20H19FN2O4S2. The van der Waals surface area contributed by atoms with Crippen molar-refractivity contribution in [3.05, 3.63) is 64.3 Å². The Morgan fingerprint density at radius 1 is 1.21 bits per heavy atom. The molecule has 3 rings (SSSR count). The summed E-state index contributed by atoms with van der Waals surface area (Å²) in [7, 11) is -4.02. The Balaban J connectivity index is 2.04. The monoisotopic (exact) mass is 434 g/mol. The van der Waals surface area contributed by atoms with Gasteiger partial charge in [0.1, 0.15) is 10.8 Å². The van der Waals surface area contributed by atoms with E-state index in [0.29, 0.717) is 21.7 Å². The number of hydrogen-bond acceptors (Lipinski definition) is 5. The summed E-state index contributed by atoms with van der Waals surface area (Å²) >= 11 is 1.24. The molecule has 0 aliphatic carbocycles. The van der Waals surface area contributed by atoms with Crippen molar-refractivity contribution in [3.8, 4) is 10.6 Å². The van der Waals surface area contributed by atoms with Gasteiger partial charge in [0.2, 0.25) is 0 Å². The zero-order valence-corrected chi connectivity index (χ0v) is 17.6. The Hall–Kier alpha value is -2.78. The topological polar surface area (TPSA) is 87.6 Å². The average Bonchev–Trinajstić information content (AvgIpc) is 3.14. The lowest BCUT2D eigenvalue weighted by Gasteiger charge is -2.21. The third-order valence-electron chi connectivity index (χ3n) is 4.59. The Bertz CT molecular complexity index is 1170. The van der Waals surface area contributed by atoms with Gasteiger partial charge < -0.3 is 5.11 Å². The predicted octanol–water partition coefficient (Wildman–Crippen LogP) is 4.48.